The van der Waals surface area contributed by atoms with E-state index in [1.54, 1.807) is 0 Å². The minimum Gasteiger partial charge on any atom is -0.500 e. The molecule has 0 saturated heterocycles. The molecule has 5 heteroatoms. The van der Waals surface area contributed by atoms with Gasteiger partial charge in [0.25, 0.3) is 0 Å². The van der Waals surface area contributed by atoms with Crippen LogP contribution in [0.3, 0.4) is 0 Å². The maximum absolute atomic E-state index is 10.8. The van der Waals surface area contributed by atoms with Gasteiger partial charge in [0, 0.05) is 0 Å². The first-order chi connectivity index (χ1) is 8.94. The third kappa shape index (κ3) is 13.5. The first-order valence-electron chi connectivity index (χ1n) is 6.01. The first-order valence-corrected chi connectivity index (χ1v) is 6.51. The third-order valence-electron chi connectivity index (χ3n) is 2.11. The van der Waals surface area contributed by atoms with E-state index in [1.807, 2.05) is 0 Å². The molecule has 0 heterocycles. The Hall–Kier alpha value is -0.696. The van der Waals surface area contributed by atoms with Crippen LogP contribution in [0.15, 0.2) is 30.4 Å². The second kappa shape index (κ2) is 11.2. The molecule has 0 aromatic carbocycles. The summed E-state index contributed by atoms with van der Waals surface area (Å²) in [5.41, 5.74) is 0. The molecule has 1 rings (SSSR count). The Balaban J connectivity index is 0.000000399. The molecule has 0 unspecified atom stereocenters. The van der Waals surface area contributed by atoms with E-state index in [-0.39, 0.29) is 0 Å². The summed E-state index contributed by atoms with van der Waals surface area (Å²) < 4.78 is 40.5. The van der Waals surface area contributed by atoms with Gasteiger partial charge >= 0.3 is 43.5 Å². The average Bonchev–Trinajstić information content (AvgIpc) is 2.29. The van der Waals surface area contributed by atoms with Crippen LogP contribution in [0.1, 0.15) is 38.5 Å². The minimum atomic E-state index is -4.92. The summed E-state index contributed by atoms with van der Waals surface area (Å²) in [4.78, 5) is 0. The average molecular weight is 320 g/mol. The van der Waals surface area contributed by atoms with E-state index in [9.17, 15) is 17.6 Å². The van der Waals surface area contributed by atoms with Gasteiger partial charge in [-0.2, -0.15) is 6.42 Å². The zero-order valence-corrected chi connectivity index (χ0v) is 11.4. The Morgan fingerprint density at radius 1 is 0.895 bits per heavy atom. The van der Waals surface area contributed by atoms with Crippen molar-refractivity contribution >= 4 is 4.74 Å². The first kappa shape index (κ1) is 18.3. The monoisotopic (exact) mass is 319 g/mol. The van der Waals surface area contributed by atoms with E-state index in [0.717, 1.165) is 19.3 Å². The van der Waals surface area contributed by atoms with E-state index in [2.05, 4.69) is 51.5 Å². The predicted molar refractivity (Wildman–Crippen MR) is 66.0 cm³/mol. The summed E-state index contributed by atoms with van der Waals surface area (Å²) in [6.45, 7) is 0. The van der Waals surface area contributed by atoms with E-state index < -0.39 is 10.9 Å². The zero-order valence-electron chi connectivity index (χ0n) is 10.5. The van der Waals surface area contributed by atoms with Crippen LogP contribution in [0, 0.1) is 6.08 Å². The van der Waals surface area contributed by atoms with Crippen LogP contribution >= 0.6 is 0 Å². The largest absolute Gasteiger partial charge is 0.500 e. The summed E-state index contributed by atoms with van der Waals surface area (Å²) in [7, 11) is 0. The van der Waals surface area contributed by atoms with Crippen molar-refractivity contribution in [2.75, 3.05) is 0 Å². The molecular formula is C14H17F4Ni-. The van der Waals surface area contributed by atoms with Gasteiger partial charge in [-0.3, -0.25) is 6.08 Å². The van der Waals surface area contributed by atoms with Gasteiger partial charge in [0.1, 0.15) is 0 Å². The molecule has 0 N–H and O–H groups in total. The minimum absolute atomic E-state index is 1.08. The Morgan fingerprint density at radius 3 is 1.79 bits per heavy atom. The summed E-state index contributed by atoms with van der Waals surface area (Å²) in [5, 5.41) is 0. The second-order valence-corrected chi connectivity index (χ2v) is 4.21. The van der Waals surface area contributed by atoms with Gasteiger partial charge in [0.05, 0.1) is 0 Å². The van der Waals surface area contributed by atoms with Crippen LogP contribution in [0.4, 0.5) is 17.6 Å². The van der Waals surface area contributed by atoms with E-state index in [4.69, 9.17) is 0 Å². The molecule has 0 bridgehead atoms. The summed E-state index contributed by atoms with van der Waals surface area (Å²) >= 11 is 2.86. The van der Waals surface area contributed by atoms with Crippen molar-refractivity contribution < 1.29 is 32.6 Å². The van der Waals surface area contributed by atoms with Crippen molar-refractivity contribution in [1.29, 1.82) is 0 Å². The standard InChI is InChI=1S/C12H17.C2F4.Ni/c1-2-4-6-8-10-12-11-9-7-5-3-1;3-1-2(4,5)6;/h1-2,7-9H,3-6,11-12H2;;/q-1;;. The van der Waals surface area contributed by atoms with Gasteiger partial charge in [-0.05, 0) is 19.3 Å². The number of hydrogen-bond acceptors (Lipinski definition) is 0. The van der Waals surface area contributed by atoms with Gasteiger partial charge < -0.3 is 6.08 Å². The van der Waals surface area contributed by atoms with Crippen LogP contribution in [-0.2, 0) is 15.0 Å². The number of alkyl halides is 3. The molecule has 19 heavy (non-hydrogen) atoms. The molecule has 0 amide bonds. The molecule has 0 aliphatic heterocycles. The Bertz CT molecular complexity index is 276. The van der Waals surface area contributed by atoms with Crippen molar-refractivity contribution in [1.82, 2.24) is 0 Å². The molecule has 0 radical (unpaired) electrons. The van der Waals surface area contributed by atoms with Crippen LogP contribution in [0.25, 0.3) is 0 Å². The fourth-order valence-electron chi connectivity index (χ4n) is 1.21. The Labute approximate surface area is 119 Å². The summed E-state index contributed by atoms with van der Waals surface area (Å²) in [6, 6.07) is 0. The third-order valence-corrected chi connectivity index (χ3v) is 2.39. The maximum atomic E-state index is 10.8. The SMILES string of the molecule is F[C](=[Ni])C(F)(F)F.[C-]1=CCCC=CCCC=CCC1. The van der Waals surface area contributed by atoms with Gasteiger partial charge in [0.15, 0.2) is 0 Å². The number of hydrogen-bond donors (Lipinski definition) is 0. The van der Waals surface area contributed by atoms with Crippen molar-refractivity contribution in [3.8, 4) is 0 Å². The van der Waals surface area contributed by atoms with Gasteiger partial charge in [0.2, 0.25) is 0 Å². The molecule has 112 valence electrons. The normalized spacial score (nSPS) is 16.9. The second-order valence-electron chi connectivity index (χ2n) is 3.78. The van der Waals surface area contributed by atoms with E-state index in [1.165, 1.54) is 19.3 Å². The Kier molecular flexibility index (Phi) is 10.7. The molecular weight excluding hydrogens is 303 g/mol. The maximum Gasteiger partial charge on any atom is -0.0316 e. The quantitative estimate of drug-likeness (QED) is 0.255. The molecule has 0 saturated carbocycles. The topological polar surface area (TPSA) is 0 Å². The fourth-order valence-corrected chi connectivity index (χ4v) is 1.21. The molecule has 0 nitrogen and oxygen atoms in total. The predicted octanol–water partition coefficient (Wildman–Crippen LogP) is 5.01. The van der Waals surface area contributed by atoms with Crippen molar-refractivity contribution in [2.24, 2.45) is 0 Å². The van der Waals surface area contributed by atoms with Crippen LogP contribution in [-0.4, -0.2) is 10.9 Å². The fraction of sp³-hybridized carbons (Fsp3) is 0.500. The van der Waals surface area contributed by atoms with Crippen molar-refractivity contribution in [2.45, 2.75) is 44.7 Å². The molecule has 1 aliphatic carbocycles. The molecule has 0 atom stereocenters. The van der Waals surface area contributed by atoms with E-state index in [0.29, 0.717) is 0 Å². The van der Waals surface area contributed by atoms with Crippen molar-refractivity contribution in [3.05, 3.63) is 36.5 Å². The van der Waals surface area contributed by atoms with Crippen LogP contribution in [0.5, 0.6) is 0 Å². The number of halogens is 4. The smallest absolute Gasteiger partial charge is 0.0316 e. The van der Waals surface area contributed by atoms with Gasteiger partial charge in [-0.1, -0.05) is 37.1 Å². The van der Waals surface area contributed by atoms with Gasteiger partial charge in [-0.25, -0.2) is 0 Å². The molecule has 0 spiro atoms. The van der Waals surface area contributed by atoms with Crippen LogP contribution < -0.4 is 0 Å². The van der Waals surface area contributed by atoms with E-state index >= 15 is 0 Å². The summed E-state index contributed by atoms with van der Waals surface area (Å²) in [5.74, 6) is 0. The zero-order chi connectivity index (χ0) is 14.6. The van der Waals surface area contributed by atoms with Crippen LogP contribution in [0.2, 0.25) is 0 Å². The molecule has 0 aromatic heterocycles. The number of rotatable bonds is 0. The molecule has 0 aromatic rings. The molecule has 0 fully saturated rings. The summed E-state index contributed by atoms with van der Waals surface area (Å²) in [6.07, 6.45) is 16.6. The molecule has 1 aliphatic rings. The Morgan fingerprint density at radius 2 is 1.32 bits per heavy atom. The van der Waals surface area contributed by atoms with Crippen molar-refractivity contribution in [3.63, 3.8) is 0 Å². The van der Waals surface area contributed by atoms with Gasteiger partial charge in [-0.15, -0.1) is 0 Å². The number of allylic oxidation sites excluding steroid dienone is 6.